The highest BCUT2D eigenvalue weighted by molar-refractivity contribution is 5.76. The van der Waals surface area contributed by atoms with Crippen molar-refractivity contribution in [3.8, 4) is 0 Å². The highest BCUT2D eigenvalue weighted by atomic mass is 16.5. The van der Waals surface area contributed by atoms with Crippen LogP contribution < -0.4 is 5.32 Å². The molecule has 6 heteroatoms. The molecule has 6 nitrogen and oxygen atoms in total. The van der Waals surface area contributed by atoms with E-state index in [0.717, 1.165) is 38.5 Å². The molecule has 1 amide bonds. The lowest BCUT2D eigenvalue weighted by atomic mass is 10.0. The number of amides is 1. The van der Waals surface area contributed by atoms with Crippen LogP contribution in [0.2, 0.25) is 0 Å². The summed E-state index contributed by atoms with van der Waals surface area (Å²) in [6.45, 7) is 4.97. The highest BCUT2D eigenvalue weighted by Gasteiger charge is 2.18. The van der Waals surface area contributed by atoms with E-state index in [1.165, 1.54) is 392 Å². The quantitative estimate of drug-likeness (QED) is 0.0320. The predicted molar refractivity (Wildman–Crippen MR) is 375 cm³/mol. The zero-order chi connectivity index (χ0) is 61.3. The van der Waals surface area contributed by atoms with Gasteiger partial charge in [-0.3, -0.25) is 9.59 Å². The fourth-order valence-electron chi connectivity index (χ4n) is 12.8. The number of allylic oxidation sites excluding steroid dienone is 1. The minimum atomic E-state index is -0.843. The third kappa shape index (κ3) is 71.6. The number of carbonyl (C=O) groups is 2. The maximum absolute atomic E-state index is 12.5. The van der Waals surface area contributed by atoms with E-state index in [-0.39, 0.29) is 18.5 Å². The fraction of sp³-hybridized carbons (Fsp3) is 0.949. The average molecular weight is 1200 g/mol. The predicted octanol–water partition coefficient (Wildman–Crippen LogP) is 25.9. The Balaban J connectivity index is 3.35. The van der Waals surface area contributed by atoms with Crippen LogP contribution in [0.4, 0.5) is 0 Å². The van der Waals surface area contributed by atoms with E-state index in [2.05, 4.69) is 19.2 Å². The van der Waals surface area contributed by atoms with Gasteiger partial charge in [-0.05, 0) is 32.1 Å². The number of hydrogen-bond acceptors (Lipinski definition) is 5. The van der Waals surface area contributed by atoms with Gasteiger partial charge in [0.1, 0.15) is 0 Å². The monoisotopic (exact) mass is 1200 g/mol. The van der Waals surface area contributed by atoms with Crippen LogP contribution in [0.1, 0.15) is 457 Å². The van der Waals surface area contributed by atoms with Gasteiger partial charge < -0.3 is 20.3 Å². The van der Waals surface area contributed by atoms with Crippen LogP contribution in [0.25, 0.3) is 0 Å². The Morgan fingerprint density at radius 1 is 0.318 bits per heavy atom. The third-order valence-corrected chi connectivity index (χ3v) is 18.8. The van der Waals surface area contributed by atoms with Crippen LogP contribution in [0.3, 0.4) is 0 Å². The van der Waals surface area contributed by atoms with E-state index >= 15 is 0 Å². The summed E-state index contributed by atoms with van der Waals surface area (Å²) in [7, 11) is 0. The summed E-state index contributed by atoms with van der Waals surface area (Å²) in [6.07, 6.45) is 94.7. The second-order valence-corrected chi connectivity index (χ2v) is 27.4. The van der Waals surface area contributed by atoms with Gasteiger partial charge in [-0.1, -0.05) is 424 Å². The number of hydrogen-bond donors (Lipinski definition) is 3. The fourth-order valence-corrected chi connectivity index (χ4v) is 12.8. The minimum Gasteiger partial charge on any atom is -0.466 e. The molecule has 0 aliphatic carbocycles. The van der Waals surface area contributed by atoms with Gasteiger partial charge in [-0.2, -0.15) is 0 Å². The first-order chi connectivity index (χ1) is 42.0. The van der Waals surface area contributed by atoms with E-state index in [9.17, 15) is 19.8 Å². The zero-order valence-electron chi connectivity index (χ0n) is 58.1. The summed E-state index contributed by atoms with van der Waals surface area (Å²) in [4.78, 5) is 24.7. The van der Waals surface area contributed by atoms with Crippen molar-refractivity contribution in [3.05, 3.63) is 12.2 Å². The SMILES string of the molecule is CCCCCCCCCCCCCCCCCCCCCCC/C=C/C(O)C(CO)NC(=O)CCCCCCCCCCCCCCCCCCCCCCCCCCCCCCCOC(=O)CCCCCCCCCCCCCCCCCC. The summed E-state index contributed by atoms with van der Waals surface area (Å²) < 4.78 is 5.51. The molecule has 0 heterocycles. The first-order valence-electron chi connectivity index (χ1n) is 39.5. The van der Waals surface area contributed by atoms with Crippen LogP contribution >= 0.6 is 0 Å². The summed E-state index contributed by atoms with van der Waals surface area (Å²) in [6, 6.07) is -0.626. The van der Waals surface area contributed by atoms with Gasteiger partial charge >= 0.3 is 5.97 Å². The molecule has 3 N–H and O–H groups in total. The molecule has 0 spiro atoms. The normalized spacial score (nSPS) is 12.5. The minimum absolute atomic E-state index is 0.0240. The van der Waals surface area contributed by atoms with Crippen molar-refractivity contribution in [2.45, 2.75) is 469 Å². The second kappa shape index (κ2) is 75.1. The number of esters is 1. The summed E-state index contributed by atoms with van der Waals surface area (Å²) in [5.74, 6) is -0.0349. The van der Waals surface area contributed by atoms with E-state index in [0.29, 0.717) is 19.4 Å². The van der Waals surface area contributed by atoms with E-state index < -0.39 is 12.1 Å². The van der Waals surface area contributed by atoms with Crippen molar-refractivity contribution in [1.29, 1.82) is 0 Å². The van der Waals surface area contributed by atoms with Crippen molar-refractivity contribution in [2.75, 3.05) is 13.2 Å². The number of nitrogens with one attached hydrogen (secondary N) is 1. The molecule has 0 aromatic carbocycles. The smallest absolute Gasteiger partial charge is 0.305 e. The molecule has 0 aromatic heterocycles. The Morgan fingerprint density at radius 3 is 0.800 bits per heavy atom. The Kier molecular flexibility index (Phi) is 73.8. The second-order valence-electron chi connectivity index (χ2n) is 27.4. The Hall–Kier alpha value is -1.40. The molecule has 0 aromatic rings. The number of aliphatic hydroxyl groups is 2. The third-order valence-electron chi connectivity index (χ3n) is 18.8. The lowest BCUT2D eigenvalue weighted by Crippen LogP contribution is -2.45. The van der Waals surface area contributed by atoms with Gasteiger partial charge in [0.2, 0.25) is 5.91 Å². The van der Waals surface area contributed by atoms with Crippen molar-refractivity contribution in [1.82, 2.24) is 5.32 Å². The molecule has 0 aliphatic heterocycles. The van der Waals surface area contributed by atoms with Gasteiger partial charge in [0, 0.05) is 12.8 Å². The topological polar surface area (TPSA) is 95.9 Å². The van der Waals surface area contributed by atoms with Gasteiger partial charge in [-0.15, -0.1) is 0 Å². The van der Waals surface area contributed by atoms with Crippen LogP contribution in [0, 0.1) is 0 Å². The van der Waals surface area contributed by atoms with Crippen LogP contribution in [0.15, 0.2) is 12.2 Å². The molecule has 0 radical (unpaired) electrons. The van der Waals surface area contributed by atoms with Gasteiger partial charge in [-0.25, -0.2) is 0 Å². The lowest BCUT2D eigenvalue weighted by Gasteiger charge is -2.20. The maximum Gasteiger partial charge on any atom is 0.305 e. The number of ether oxygens (including phenoxy) is 1. The first kappa shape index (κ1) is 83.6. The van der Waals surface area contributed by atoms with Crippen molar-refractivity contribution in [3.63, 3.8) is 0 Å². The molecule has 85 heavy (non-hydrogen) atoms. The van der Waals surface area contributed by atoms with E-state index in [4.69, 9.17) is 4.74 Å². The molecule has 0 rings (SSSR count). The van der Waals surface area contributed by atoms with E-state index in [1.54, 1.807) is 6.08 Å². The molecule has 2 atom stereocenters. The molecular weight excluding hydrogens is 1040 g/mol. The lowest BCUT2D eigenvalue weighted by molar-refractivity contribution is -0.143. The number of carbonyl (C=O) groups excluding carboxylic acids is 2. The van der Waals surface area contributed by atoms with Crippen LogP contribution in [0.5, 0.6) is 0 Å². The standard InChI is InChI=1S/C79H155NO5/c1-3-5-7-9-11-13-15-17-19-21-22-23-31-34-37-40-43-47-51-55-59-63-67-71-77(82)76(75-81)80-78(83)72-68-64-60-56-52-48-44-41-38-35-32-29-27-25-24-26-28-30-33-36-39-42-46-50-54-58-62-66-70-74-85-79(84)73-69-65-61-57-53-49-45-20-18-16-14-12-10-8-6-4-2/h67,71,76-77,81-82H,3-66,68-70,72-75H2,1-2H3,(H,80,83)/b71-67+. The molecule has 0 bridgehead atoms. The van der Waals surface area contributed by atoms with Crippen LogP contribution in [-0.2, 0) is 14.3 Å². The number of rotatable bonds is 75. The first-order valence-corrected chi connectivity index (χ1v) is 39.5. The molecule has 0 saturated carbocycles. The average Bonchev–Trinajstić information content (AvgIpc) is 3.51. The van der Waals surface area contributed by atoms with Crippen molar-refractivity contribution in [2.24, 2.45) is 0 Å². The Labute approximate surface area is 533 Å². The molecule has 2 unspecified atom stereocenters. The molecule has 506 valence electrons. The Morgan fingerprint density at radius 2 is 0.541 bits per heavy atom. The molecule has 0 saturated heterocycles. The number of aliphatic hydroxyl groups excluding tert-OH is 2. The molecule has 0 aliphatic rings. The van der Waals surface area contributed by atoms with Gasteiger partial charge in [0.15, 0.2) is 0 Å². The zero-order valence-corrected chi connectivity index (χ0v) is 58.1. The van der Waals surface area contributed by atoms with Crippen LogP contribution in [-0.4, -0.2) is 47.4 Å². The van der Waals surface area contributed by atoms with Crippen molar-refractivity contribution >= 4 is 11.9 Å². The summed E-state index contributed by atoms with van der Waals surface area (Å²) in [5.41, 5.74) is 0. The van der Waals surface area contributed by atoms with Gasteiger partial charge in [0.05, 0.1) is 25.4 Å². The number of unbranched alkanes of at least 4 members (excludes halogenated alkanes) is 64. The molecular formula is C79H155NO5. The van der Waals surface area contributed by atoms with Crippen molar-refractivity contribution < 1.29 is 24.5 Å². The van der Waals surface area contributed by atoms with E-state index in [1.807, 2.05) is 6.08 Å². The largest absolute Gasteiger partial charge is 0.466 e. The maximum atomic E-state index is 12.5. The Bertz CT molecular complexity index is 1290. The van der Waals surface area contributed by atoms with Gasteiger partial charge in [0.25, 0.3) is 0 Å². The summed E-state index contributed by atoms with van der Waals surface area (Å²) in [5, 5.41) is 23.3. The molecule has 0 fully saturated rings. The highest BCUT2D eigenvalue weighted by Crippen LogP contribution is 2.20. The summed E-state index contributed by atoms with van der Waals surface area (Å²) >= 11 is 0.